The molecule has 1 heterocycles. The van der Waals surface area contributed by atoms with Crippen LogP contribution in [0.1, 0.15) is 34.3 Å². The van der Waals surface area contributed by atoms with Gasteiger partial charge in [0.05, 0.1) is 16.3 Å². The Bertz CT molecular complexity index is 836. The molecule has 0 unspecified atom stereocenters. The van der Waals surface area contributed by atoms with Crippen molar-refractivity contribution in [3.63, 3.8) is 0 Å². The standard InChI is InChI=1S/C18H17ClFNO4S/c1-10-3-7-16(26-10)15(22)6-8-17(23)25-11(2)18(24)21-12-4-5-14(20)13(19)9-12/h3-5,7,9,11H,6,8H2,1-2H3,(H,21,24)/t11-/m1/s1. The highest BCUT2D eigenvalue weighted by Gasteiger charge is 2.19. The molecular formula is C18H17ClFNO4S. The van der Waals surface area contributed by atoms with E-state index in [1.807, 2.05) is 13.0 Å². The summed E-state index contributed by atoms with van der Waals surface area (Å²) in [6.45, 7) is 3.30. The lowest BCUT2D eigenvalue weighted by molar-refractivity contribution is -0.153. The van der Waals surface area contributed by atoms with Crippen molar-refractivity contribution in [1.82, 2.24) is 0 Å². The lowest BCUT2D eigenvalue weighted by Crippen LogP contribution is -2.30. The first-order valence-electron chi connectivity index (χ1n) is 7.81. The number of hydrogen-bond acceptors (Lipinski definition) is 5. The number of benzene rings is 1. The average Bonchev–Trinajstić information content (AvgIpc) is 3.02. The second-order valence-corrected chi connectivity index (χ2v) is 7.28. The highest BCUT2D eigenvalue weighted by molar-refractivity contribution is 7.14. The number of aryl methyl sites for hydroxylation is 1. The number of hydrogen-bond donors (Lipinski definition) is 1. The topological polar surface area (TPSA) is 72.5 Å². The van der Waals surface area contributed by atoms with Gasteiger partial charge in [0.2, 0.25) is 0 Å². The number of thiophene rings is 1. The van der Waals surface area contributed by atoms with Gasteiger partial charge in [0.15, 0.2) is 11.9 Å². The van der Waals surface area contributed by atoms with Crippen LogP contribution in [0.3, 0.4) is 0 Å². The van der Waals surface area contributed by atoms with Crippen LogP contribution in [0.2, 0.25) is 5.02 Å². The maximum Gasteiger partial charge on any atom is 0.307 e. The van der Waals surface area contributed by atoms with Crippen LogP contribution in [-0.4, -0.2) is 23.8 Å². The summed E-state index contributed by atoms with van der Waals surface area (Å²) in [6, 6.07) is 7.27. The van der Waals surface area contributed by atoms with Crippen molar-refractivity contribution in [3.05, 3.63) is 50.9 Å². The molecule has 2 aromatic rings. The Morgan fingerprint density at radius 1 is 1.23 bits per heavy atom. The van der Waals surface area contributed by atoms with Crippen molar-refractivity contribution < 1.29 is 23.5 Å². The minimum absolute atomic E-state index is 0.0146. The van der Waals surface area contributed by atoms with Gasteiger partial charge < -0.3 is 10.1 Å². The Morgan fingerprint density at radius 2 is 1.96 bits per heavy atom. The highest BCUT2D eigenvalue weighted by Crippen LogP contribution is 2.20. The molecule has 1 atom stereocenters. The maximum atomic E-state index is 13.1. The van der Waals surface area contributed by atoms with Gasteiger partial charge in [0.1, 0.15) is 5.82 Å². The molecule has 0 bridgehead atoms. The fourth-order valence-corrected chi connectivity index (χ4v) is 3.07. The number of carbonyl (C=O) groups is 3. The molecule has 0 aliphatic carbocycles. The normalized spacial score (nSPS) is 11.7. The lowest BCUT2D eigenvalue weighted by Gasteiger charge is -2.13. The van der Waals surface area contributed by atoms with Gasteiger partial charge in [-0.1, -0.05) is 11.6 Å². The largest absolute Gasteiger partial charge is 0.453 e. The molecule has 1 aromatic carbocycles. The molecule has 26 heavy (non-hydrogen) atoms. The summed E-state index contributed by atoms with van der Waals surface area (Å²) < 4.78 is 18.1. The third-order valence-electron chi connectivity index (χ3n) is 3.44. The minimum atomic E-state index is -1.06. The van der Waals surface area contributed by atoms with Crippen LogP contribution in [-0.2, 0) is 14.3 Å². The van der Waals surface area contributed by atoms with E-state index in [1.54, 1.807) is 6.07 Å². The molecule has 0 saturated carbocycles. The minimum Gasteiger partial charge on any atom is -0.453 e. The van der Waals surface area contributed by atoms with Crippen molar-refractivity contribution in [1.29, 1.82) is 0 Å². The van der Waals surface area contributed by atoms with Crippen LogP contribution in [0.5, 0.6) is 0 Å². The van der Waals surface area contributed by atoms with Gasteiger partial charge in [0.25, 0.3) is 5.91 Å². The van der Waals surface area contributed by atoms with Crippen LogP contribution in [0.25, 0.3) is 0 Å². The van der Waals surface area contributed by atoms with Crippen LogP contribution < -0.4 is 5.32 Å². The lowest BCUT2D eigenvalue weighted by atomic mass is 10.2. The molecule has 1 aromatic heterocycles. The Kier molecular flexibility index (Phi) is 6.88. The predicted octanol–water partition coefficient (Wildman–Crippen LogP) is 4.38. The number of halogens is 2. The smallest absolute Gasteiger partial charge is 0.307 e. The molecule has 138 valence electrons. The third-order valence-corrected chi connectivity index (χ3v) is 4.77. The van der Waals surface area contributed by atoms with Gasteiger partial charge in [-0.25, -0.2) is 4.39 Å². The molecule has 2 rings (SSSR count). The number of rotatable bonds is 7. The van der Waals surface area contributed by atoms with Crippen molar-refractivity contribution in [2.75, 3.05) is 5.32 Å². The summed E-state index contributed by atoms with van der Waals surface area (Å²) in [5.41, 5.74) is 0.285. The molecular weight excluding hydrogens is 381 g/mol. The maximum absolute atomic E-state index is 13.1. The van der Waals surface area contributed by atoms with Crippen molar-refractivity contribution >= 4 is 46.3 Å². The van der Waals surface area contributed by atoms with Crippen LogP contribution in [0, 0.1) is 12.7 Å². The van der Waals surface area contributed by atoms with E-state index in [9.17, 15) is 18.8 Å². The molecule has 0 fully saturated rings. The van der Waals surface area contributed by atoms with Crippen molar-refractivity contribution in [3.8, 4) is 0 Å². The number of Topliss-reactive ketones (excluding diaryl/α,β-unsaturated/α-hetero) is 1. The number of ketones is 1. The Morgan fingerprint density at radius 3 is 2.58 bits per heavy atom. The Hall–Kier alpha value is -2.25. The summed E-state index contributed by atoms with van der Waals surface area (Å²) in [7, 11) is 0. The zero-order valence-electron chi connectivity index (χ0n) is 14.2. The molecule has 5 nitrogen and oxygen atoms in total. The van der Waals surface area contributed by atoms with Gasteiger partial charge >= 0.3 is 5.97 Å². The number of ether oxygens (including phenoxy) is 1. The number of esters is 1. The zero-order chi connectivity index (χ0) is 19.3. The zero-order valence-corrected chi connectivity index (χ0v) is 15.7. The first-order chi connectivity index (χ1) is 12.3. The highest BCUT2D eigenvalue weighted by atomic mass is 35.5. The summed E-state index contributed by atoms with van der Waals surface area (Å²) in [6.07, 6.45) is -1.17. The van der Waals surface area contributed by atoms with Gasteiger partial charge in [0, 0.05) is 17.0 Å². The number of amides is 1. The van der Waals surface area contributed by atoms with Gasteiger partial charge in [-0.3, -0.25) is 14.4 Å². The third kappa shape index (κ3) is 5.64. The molecule has 0 aliphatic rings. The van der Waals surface area contributed by atoms with E-state index >= 15 is 0 Å². The van der Waals surface area contributed by atoms with Gasteiger partial charge in [-0.05, 0) is 44.2 Å². The summed E-state index contributed by atoms with van der Waals surface area (Å²) in [5.74, 6) is -1.97. The average molecular weight is 398 g/mol. The molecule has 1 amide bonds. The van der Waals surface area contributed by atoms with E-state index in [4.69, 9.17) is 16.3 Å². The van der Waals surface area contributed by atoms with E-state index in [0.29, 0.717) is 4.88 Å². The Labute approximate surface area is 159 Å². The fourth-order valence-electron chi connectivity index (χ4n) is 2.05. The summed E-state index contributed by atoms with van der Waals surface area (Å²) in [4.78, 5) is 37.4. The number of anilines is 1. The van der Waals surface area contributed by atoms with Gasteiger partial charge in [-0.2, -0.15) is 0 Å². The second-order valence-electron chi connectivity index (χ2n) is 5.58. The van der Waals surface area contributed by atoms with E-state index in [0.717, 1.165) is 10.9 Å². The summed E-state index contributed by atoms with van der Waals surface area (Å²) in [5, 5.41) is 2.35. The monoisotopic (exact) mass is 397 g/mol. The van der Waals surface area contributed by atoms with E-state index in [-0.39, 0.29) is 29.3 Å². The fraction of sp³-hybridized carbons (Fsp3) is 0.278. The van der Waals surface area contributed by atoms with E-state index in [1.165, 1.54) is 30.4 Å². The summed E-state index contributed by atoms with van der Waals surface area (Å²) >= 11 is 7.01. The second kappa shape index (κ2) is 8.91. The molecule has 0 saturated heterocycles. The molecule has 8 heteroatoms. The van der Waals surface area contributed by atoms with Crippen LogP contribution in [0.4, 0.5) is 10.1 Å². The molecule has 1 N–H and O–H groups in total. The number of nitrogens with one attached hydrogen (secondary N) is 1. The van der Waals surface area contributed by atoms with Crippen LogP contribution in [0.15, 0.2) is 30.3 Å². The molecule has 0 radical (unpaired) electrons. The first kappa shape index (κ1) is 20.1. The Balaban J connectivity index is 1.81. The van der Waals surface area contributed by atoms with Gasteiger partial charge in [-0.15, -0.1) is 11.3 Å². The van der Waals surface area contributed by atoms with E-state index in [2.05, 4.69) is 5.32 Å². The van der Waals surface area contributed by atoms with Crippen molar-refractivity contribution in [2.45, 2.75) is 32.8 Å². The van der Waals surface area contributed by atoms with E-state index < -0.39 is 23.8 Å². The van der Waals surface area contributed by atoms with Crippen molar-refractivity contribution in [2.24, 2.45) is 0 Å². The first-order valence-corrected chi connectivity index (χ1v) is 9.00. The number of carbonyl (C=O) groups excluding carboxylic acids is 3. The van der Waals surface area contributed by atoms with Crippen LogP contribution >= 0.6 is 22.9 Å². The molecule has 0 spiro atoms. The quantitative estimate of drug-likeness (QED) is 0.555. The molecule has 0 aliphatic heterocycles. The SMILES string of the molecule is Cc1ccc(C(=O)CCC(=O)O[C@H](C)C(=O)Nc2ccc(F)c(Cl)c2)s1. The predicted molar refractivity (Wildman–Crippen MR) is 98.2 cm³/mol.